The van der Waals surface area contributed by atoms with Crippen molar-refractivity contribution in [1.82, 2.24) is 5.32 Å². The van der Waals surface area contributed by atoms with Gasteiger partial charge in [-0.15, -0.1) is 0 Å². The Hall–Kier alpha value is -1.54. The Kier molecular flexibility index (Phi) is 11.9. The van der Waals surface area contributed by atoms with Crippen molar-refractivity contribution in [1.29, 1.82) is 0 Å². The fourth-order valence-corrected chi connectivity index (χ4v) is 4.30. The Morgan fingerprint density at radius 3 is 2.32 bits per heavy atom. The van der Waals surface area contributed by atoms with Crippen molar-refractivity contribution in [2.75, 3.05) is 33.9 Å². The van der Waals surface area contributed by atoms with Crippen LogP contribution in [0.5, 0.6) is 0 Å². The van der Waals surface area contributed by atoms with Gasteiger partial charge in [0, 0.05) is 27.1 Å². The van der Waals surface area contributed by atoms with Crippen molar-refractivity contribution in [3.8, 4) is 0 Å². The quantitative estimate of drug-likeness (QED) is 0.273. The van der Waals surface area contributed by atoms with Gasteiger partial charge in [0.2, 0.25) is 0 Å². The van der Waals surface area contributed by atoms with Gasteiger partial charge in [-0.05, 0) is 56.6 Å². The first-order valence-corrected chi connectivity index (χ1v) is 12.5. The smallest absolute Gasteiger partial charge is 0.334 e. The first kappa shape index (κ1) is 24.5. The molecule has 0 saturated heterocycles. The molecule has 0 aliphatic rings. The van der Waals surface area contributed by atoms with Crippen molar-refractivity contribution < 1.29 is 23.2 Å². The van der Waals surface area contributed by atoms with Gasteiger partial charge < -0.3 is 18.9 Å². The van der Waals surface area contributed by atoms with E-state index < -0.39 is 8.56 Å². The number of ether oxygens (including phenoxy) is 1. The zero-order valence-corrected chi connectivity index (χ0v) is 18.7. The highest BCUT2D eigenvalue weighted by Gasteiger charge is 2.27. The zero-order valence-electron chi connectivity index (χ0n) is 17.7. The van der Waals surface area contributed by atoms with E-state index in [2.05, 4.69) is 11.9 Å². The third-order valence-electron chi connectivity index (χ3n) is 4.70. The summed E-state index contributed by atoms with van der Waals surface area (Å²) in [6, 6.07) is 8.57. The van der Waals surface area contributed by atoms with Crippen LogP contribution in [-0.4, -0.2) is 54.2 Å². The first-order valence-electron chi connectivity index (χ1n) is 9.98. The Morgan fingerprint density at radius 1 is 1.04 bits per heavy atom. The molecule has 0 aliphatic heterocycles. The summed E-state index contributed by atoms with van der Waals surface area (Å²) < 4.78 is 15.9. The number of hydrogen-bond acceptors (Lipinski definition) is 6. The second-order valence-corrected chi connectivity index (χ2v) is 10.6. The van der Waals surface area contributed by atoms with Crippen LogP contribution in [0.4, 0.5) is 0 Å². The van der Waals surface area contributed by atoms with Crippen LogP contribution in [0.3, 0.4) is 0 Å². The Labute approximate surface area is 170 Å². The maximum absolute atomic E-state index is 12.2. The second kappa shape index (κ2) is 13.6. The minimum absolute atomic E-state index is 0.217. The van der Waals surface area contributed by atoms with Gasteiger partial charge in [-0.1, -0.05) is 24.3 Å². The molecule has 7 heteroatoms. The molecule has 0 amide bonds. The highest BCUT2D eigenvalue weighted by molar-refractivity contribution is 6.65. The van der Waals surface area contributed by atoms with Gasteiger partial charge in [0.1, 0.15) is 5.78 Å². The summed E-state index contributed by atoms with van der Waals surface area (Å²) in [6.45, 7) is 5.96. The number of carbonyl (C=O) groups excluding carboxylic acids is 2. The number of rotatable bonds is 15. The fraction of sp³-hybridized carbons (Fsp3) is 0.619. The molecule has 1 aromatic carbocycles. The number of ketones is 1. The Bertz CT molecular complexity index is 604. The third-order valence-corrected chi connectivity index (χ3v) is 7.69. The topological polar surface area (TPSA) is 73.9 Å². The summed E-state index contributed by atoms with van der Waals surface area (Å²) in [7, 11) is 1.45. The van der Waals surface area contributed by atoms with E-state index in [9.17, 15) is 9.59 Å². The lowest BCUT2D eigenvalue weighted by Gasteiger charge is -2.22. The molecule has 0 atom stereocenters. The molecule has 0 spiro atoms. The van der Waals surface area contributed by atoms with E-state index >= 15 is 0 Å². The molecule has 6 nitrogen and oxygen atoms in total. The van der Waals surface area contributed by atoms with Crippen LogP contribution >= 0.6 is 0 Å². The van der Waals surface area contributed by atoms with E-state index in [0.29, 0.717) is 19.4 Å². The van der Waals surface area contributed by atoms with Crippen LogP contribution in [-0.2, 0) is 36.0 Å². The summed E-state index contributed by atoms with van der Waals surface area (Å²) in [5.41, 5.74) is 1.83. The lowest BCUT2D eigenvalue weighted by Crippen LogP contribution is -2.36. The predicted octanol–water partition coefficient (Wildman–Crippen LogP) is 3.03. The average molecular weight is 410 g/mol. The normalized spacial score (nSPS) is 11.4. The largest absolute Gasteiger partial charge is 0.466 e. The van der Waals surface area contributed by atoms with Crippen LogP contribution in [0.2, 0.25) is 12.6 Å². The molecule has 28 heavy (non-hydrogen) atoms. The van der Waals surface area contributed by atoms with Crippen molar-refractivity contribution in [3.63, 3.8) is 0 Å². The summed E-state index contributed by atoms with van der Waals surface area (Å²) in [5.74, 6) is -0.0233. The Morgan fingerprint density at radius 2 is 1.68 bits per heavy atom. The van der Waals surface area contributed by atoms with E-state index in [0.717, 1.165) is 43.1 Å². The number of benzene rings is 1. The molecule has 0 aromatic heterocycles. The molecular weight excluding hydrogens is 374 g/mol. The van der Waals surface area contributed by atoms with Crippen molar-refractivity contribution in [2.45, 2.75) is 51.6 Å². The third kappa shape index (κ3) is 10.1. The monoisotopic (exact) mass is 409 g/mol. The molecule has 0 radical (unpaired) electrons. The minimum Gasteiger partial charge on any atom is -0.466 e. The predicted molar refractivity (Wildman–Crippen MR) is 113 cm³/mol. The zero-order chi connectivity index (χ0) is 20.8. The molecule has 0 bridgehead atoms. The van der Waals surface area contributed by atoms with Gasteiger partial charge in [-0.25, -0.2) is 0 Å². The van der Waals surface area contributed by atoms with E-state index in [1.807, 2.05) is 24.3 Å². The second-order valence-electron chi connectivity index (χ2n) is 7.02. The standard InChI is InChI=1S/C21H35NO5Si/c1-5-27-21(24)17-19-10-6-9-18(15-19)16-20(23)11-7-12-22-13-8-14-28(4,25-2)26-3/h6,9-10,15,22H,5,7-8,11-14,16-17H2,1-4H3. The first-order chi connectivity index (χ1) is 13.4. The van der Waals surface area contributed by atoms with Crippen LogP contribution in [0.25, 0.3) is 0 Å². The fourth-order valence-electron chi connectivity index (χ4n) is 2.90. The highest BCUT2D eigenvalue weighted by Crippen LogP contribution is 2.13. The Balaban J connectivity index is 2.22. The van der Waals surface area contributed by atoms with E-state index in [-0.39, 0.29) is 18.2 Å². The number of nitrogens with one attached hydrogen (secondary N) is 1. The number of hydrogen-bond donors (Lipinski definition) is 1. The summed E-state index contributed by atoms with van der Waals surface area (Å²) in [4.78, 5) is 23.8. The lowest BCUT2D eigenvalue weighted by atomic mass is 10.0. The number of esters is 1. The van der Waals surface area contributed by atoms with Gasteiger partial charge in [0.15, 0.2) is 0 Å². The van der Waals surface area contributed by atoms with Crippen LogP contribution in [0.15, 0.2) is 24.3 Å². The lowest BCUT2D eigenvalue weighted by molar-refractivity contribution is -0.142. The average Bonchev–Trinajstić information content (AvgIpc) is 2.67. The van der Waals surface area contributed by atoms with Gasteiger partial charge in [0.25, 0.3) is 0 Å². The molecule has 0 fully saturated rings. The number of carbonyl (C=O) groups is 2. The van der Waals surface area contributed by atoms with Crippen LogP contribution in [0, 0.1) is 0 Å². The van der Waals surface area contributed by atoms with Gasteiger partial charge in [-0.3, -0.25) is 9.59 Å². The molecule has 0 unspecified atom stereocenters. The number of Topliss-reactive ketones (excluding diaryl/α,β-unsaturated/α-hetero) is 1. The maximum Gasteiger partial charge on any atom is 0.334 e. The molecule has 0 heterocycles. The molecule has 0 saturated carbocycles. The van der Waals surface area contributed by atoms with Crippen molar-refractivity contribution in [2.24, 2.45) is 0 Å². The summed E-state index contributed by atoms with van der Waals surface area (Å²) in [6.07, 6.45) is 3.03. The highest BCUT2D eigenvalue weighted by atomic mass is 28.4. The maximum atomic E-state index is 12.2. The molecular formula is C21H35NO5Si. The van der Waals surface area contributed by atoms with Gasteiger partial charge in [-0.2, -0.15) is 0 Å². The van der Waals surface area contributed by atoms with Crippen LogP contribution in [0.1, 0.15) is 37.3 Å². The van der Waals surface area contributed by atoms with E-state index in [1.165, 1.54) is 0 Å². The van der Waals surface area contributed by atoms with E-state index in [4.69, 9.17) is 13.6 Å². The van der Waals surface area contributed by atoms with Gasteiger partial charge >= 0.3 is 14.5 Å². The molecule has 1 rings (SSSR count). The van der Waals surface area contributed by atoms with Crippen LogP contribution < -0.4 is 5.32 Å². The minimum atomic E-state index is -1.97. The molecule has 158 valence electrons. The summed E-state index contributed by atoms with van der Waals surface area (Å²) in [5, 5.41) is 3.38. The van der Waals surface area contributed by atoms with Gasteiger partial charge in [0.05, 0.1) is 13.0 Å². The van der Waals surface area contributed by atoms with Crippen molar-refractivity contribution >= 4 is 20.3 Å². The molecule has 1 N–H and O–H groups in total. The van der Waals surface area contributed by atoms with E-state index in [1.54, 1.807) is 21.1 Å². The van der Waals surface area contributed by atoms with Crippen molar-refractivity contribution in [3.05, 3.63) is 35.4 Å². The molecule has 1 aromatic rings. The molecule has 0 aliphatic carbocycles. The summed E-state index contributed by atoms with van der Waals surface area (Å²) >= 11 is 0. The SMILES string of the molecule is CCOC(=O)Cc1cccc(CC(=O)CCCNCCC[Si](C)(OC)OC)c1.